The van der Waals surface area contributed by atoms with Crippen molar-refractivity contribution >= 4 is 29.0 Å². The minimum absolute atomic E-state index is 0.119. The summed E-state index contributed by atoms with van der Waals surface area (Å²) in [5.74, 6) is 0.280. The lowest BCUT2D eigenvalue weighted by Gasteiger charge is -2.20. The highest BCUT2D eigenvalue weighted by Crippen LogP contribution is 2.36. The summed E-state index contributed by atoms with van der Waals surface area (Å²) in [5.41, 5.74) is 2.08. The predicted molar refractivity (Wildman–Crippen MR) is 87.7 cm³/mol. The van der Waals surface area contributed by atoms with Crippen molar-refractivity contribution in [2.24, 2.45) is 0 Å². The van der Waals surface area contributed by atoms with Gasteiger partial charge >= 0.3 is 0 Å². The van der Waals surface area contributed by atoms with Gasteiger partial charge in [-0.2, -0.15) is 0 Å². The van der Waals surface area contributed by atoms with Crippen molar-refractivity contribution < 1.29 is 9.53 Å². The molecule has 0 spiro atoms. The van der Waals surface area contributed by atoms with Gasteiger partial charge in [-0.15, -0.1) is 0 Å². The lowest BCUT2D eigenvalue weighted by Crippen LogP contribution is -2.21. The Morgan fingerprint density at radius 2 is 1.95 bits per heavy atom. The maximum absolute atomic E-state index is 12.5. The van der Waals surface area contributed by atoms with Gasteiger partial charge in [0.15, 0.2) is 5.78 Å². The zero-order valence-corrected chi connectivity index (χ0v) is 13.1. The maximum atomic E-state index is 12.5. The van der Waals surface area contributed by atoms with Gasteiger partial charge in [0.05, 0.1) is 16.2 Å². The van der Waals surface area contributed by atoms with Gasteiger partial charge in [0.2, 0.25) is 0 Å². The Hall–Kier alpha value is -1.97. The van der Waals surface area contributed by atoms with Gasteiger partial charge in [0, 0.05) is 17.8 Å². The van der Waals surface area contributed by atoms with Gasteiger partial charge in [0.25, 0.3) is 0 Å². The smallest absolute Gasteiger partial charge is 0.197 e. The number of Topliss-reactive ketones (excluding diaryl/α,β-unsaturated/α-hetero) is 1. The average molecular weight is 334 g/mol. The van der Waals surface area contributed by atoms with Crippen LogP contribution in [0.15, 0.2) is 54.2 Å². The van der Waals surface area contributed by atoms with Gasteiger partial charge in [0.1, 0.15) is 12.4 Å². The second kappa shape index (κ2) is 6.42. The van der Waals surface area contributed by atoms with E-state index in [0.29, 0.717) is 33.5 Å². The van der Waals surface area contributed by atoms with E-state index < -0.39 is 0 Å². The fourth-order valence-electron chi connectivity index (χ4n) is 2.26. The first-order valence-electron chi connectivity index (χ1n) is 6.78. The molecular formula is C17H13Cl2NO2. The monoisotopic (exact) mass is 333 g/mol. The van der Waals surface area contributed by atoms with Gasteiger partial charge in [-0.25, -0.2) is 0 Å². The first-order valence-corrected chi connectivity index (χ1v) is 7.53. The van der Waals surface area contributed by atoms with E-state index in [1.165, 1.54) is 0 Å². The molecular weight excluding hydrogens is 321 g/mol. The Kier molecular flexibility index (Phi) is 4.36. The molecule has 1 aliphatic heterocycles. The SMILES string of the molecule is O=C1/C(=C\NCc2ccccc2)COc2c(Cl)cc(Cl)cc21. The van der Waals surface area contributed by atoms with Crippen LogP contribution in [0.4, 0.5) is 0 Å². The number of halogens is 2. The highest BCUT2D eigenvalue weighted by Gasteiger charge is 2.25. The van der Waals surface area contributed by atoms with E-state index >= 15 is 0 Å². The summed E-state index contributed by atoms with van der Waals surface area (Å²) in [6.07, 6.45) is 1.69. The van der Waals surface area contributed by atoms with E-state index in [9.17, 15) is 4.79 Å². The van der Waals surface area contributed by atoms with E-state index in [-0.39, 0.29) is 12.4 Å². The van der Waals surface area contributed by atoms with Crippen LogP contribution >= 0.6 is 23.2 Å². The Morgan fingerprint density at radius 1 is 1.18 bits per heavy atom. The van der Waals surface area contributed by atoms with Crippen molar-refractivity contribution in [3.8, 4) is 5.75 Å². The molecule has 112 valence electrons. The summed E-state index contributed by atoms with van der Waals surface area (Å²) < 4.78 is 5.58. The normalized spacial score (nSPS) is 15.4. The van der Waals surface area contributed by atoms with Crippen LogP contribution in [0.3, 0.4) is 0 Å². The summed E-state index contributed by atoms with van der Waals surface area (Å²) in [6, 6.07) is 13.1. The maximum Gasteiger partial charge on any atom is 0.197 e. The van der Waals surface area contributed by atoms with Crippen molar-refractivity contribution in [1.82, 2.24) is 5.32 Å². The van der Waals surface area contributed by atoms with Crippen molar-refractivity contribution in [2.45, 2.75) is 6.54 Å². The molecule has 3 rings (SSSR count). The third-order valence-corrected chi connectivity index (χ3v) is 3.84. The standard InChI is InChI=1S/C17H13Cl2NO2/c18-13-6-14-16(21)12(10-22-17(14)15(19)7-13)9-20-8-11-4-2-1-3-5-11/h1-7,9,20H,8,10H2/b12-9-. The minimum atomic E-state index is -0.119. The molecule has 2 aromatic rings. The molecule has 0 saturated heterocycles. The van der Waals surface area contributed by atoms with Crippen LogP contribution in [0.5, 0.6) is 5.75 Å². The molecule has 0 amide bonds. The molecule has 1 N–H and O–H groups in total. The summed E-state index contributed by atoms with van der Waals surface area (Å²) in [6.45, 7) is 0.829. The van der Waals surface area contributed by atoms with Crippen LogP contribution in [0.25, 0.3) is 0 Å². The van der Waals surface area contributed by atoms with Crippen LogP contribution in [0.2, 0.25) is 10.0 Å². The minimum Gasteiger partial charge on any atom is -0.486 e. The third-order valence-electron chi connectivity index (χ3n) is 3.34. The number of carbonyl (C=O) groups excluding carboxylic acids is 1. The average Bonchev–Trinajstić information content (AvgIpc) is 2.51. The van der Waals surface area contributed by atoms with E-state index in [4.69, 9.17) is 27.9 Å². The molecule has 0 radical (unpaired) electrons. The largest absolute Gasteiger partial charge is 0.486 e. The number of rotatable bonds is 3. The molecule has 1 aliphatic rings. The lowest BCUT2D eigenvalue weighted by molar-refractivity contribution is 0.0998. The molecule has 0 atom stereocenters. The first-order chi connectivity index (χ1) is 10.6. The predicted octanol–water partition coefficient (Wildman–Crippen LogP) is 4.24. The lowest BCUT2D eigenvalue weighted by atomic mass is 10.0. The highest BCUT2D eigenvalue weighted by atomic mass is 35.5. The van der Waals surface area contributed by atoms with Crippen molar-refractivity contribution in [3.05, 3.63) is 75.4 Å². The number of fused-ring (bicyclic) bond motifs is 1. The number of nitrogens with one attached hydrogen (secondary N) is 1. The molecule has 0 saturated carbocycles. The number of benzene rings is 2. The fraction of sp³-hybridized carbons (Fsp3) is 0.118. The van der Waals surface area contributed by atoms with Gasteiger partial charge in [-0.05, 0) is 17.7 Å². The molecule has 0 aromatic heterocycles. The molecule has 0 unspecified atom stereocenters. The first kappa shape index (κ1) is 14.9. The van der Waals surface area contributed by atoms with Crippen LogP contribution in [0.1, 0.15) is 15.9 Å². The molecule has 0 aliphatic carbocycles. The second-order valence-electron chi connectivity index (χ2n) is 4.92. The molecule has 0 bridgehead atoms. The molecule has 0 fully saturated rings. The molecule has 5 heteroatoms. The topological polar surface area (TPSA) is 38.3 Å². The Morgan fingerprint density at radius 3 is 2.73 bits per heavy atom. The van der Waals surface area contributed by atoms with Gasteiger partial charge in [-0.1, -0.05) is 53.5 Å². The van der Waals surface area contributed by atoms with Crippen LogP contribution in [0, 0.1) is 0 Å². The van der Waals surface area contributed by atoms with Gasteiger partial charge in [-0.3, -0.25) is 4.79 Å². The van der Waals surface area contributed by atoms with E-state index in [2.05, 4.69) is 5.32 Å². The van der Waals surface area contributed by atoms with Crippen molar-refractivity contribution in [2.75, 3.05) is 6.61 Å². The quantitative estimate of drug-likeness (QED) is 0.853. The van der Waals surface area contributed by atoms with Crippen LogP contribution < -0.4 is 10.1 Å². The summed E-state index contributed by atoms with van der Waals surface area (Å²) in [5, 5.41) is 3.90. The molecule has 1 heterocycles. The summed E-state index contributed by atoms with van der Waals surface area (Å²) in [4.78, 5) is 12.5. The zero-order valence-electron chi connectivity index (χ0n) is 11.6. The molecule has 2 aromatic carbocycles. The second-order valence-corrected chi connectivity index (χ2v) is 5.76. The number of ketones is 1. The fourth-order valence-corrected chi connectivity index (χ4v) is 2.81. The van der Waals surface area contributed by atoms with Gasteiger partial charge < -0.3 is 10.1 Å². The Bertz CT molecular complexity index is 742. The third kappa shape index (κ3) is 3.11. The Balaban J connectivity index is 1.76. The van der Waals surface area contributed by atoms with Crippen LogP contribution in [-0.4, -0.2) is 12.4 Å². The number of carbonyl (C=O) groups is 1. The highest BCUT2D eigenvalue weighted by molar-refractivity contribution is 6.37. The zero-order chi connectivity index (χ0) is 15.5. The number of hydrogen-bond acceptors (Lipinski definition) is 3. The van der Waals surface area contributed by atoms with Crippen molar-refractivity contribution in [3.63, 3.8) is 0 Å². The van der Waals surface area contributed by atoms with Crippen LogP contribution in [-0.2, 0) is 6.54 Å². The molecule has 22 heavy (non-hydrogen) atoms. The number of hydrogen-bond donors (Lipinski definition) is 1. The Labute approximate surface area is 138 Å². The summed E-state index contributed by atoms with van der Waals surface area (Å²) >= 11 is 12.0. The summed E-state index contributed by atoms with van der Waals surface area (Å²) in [7, 11) is 0. The van der Waals surface area contributed by atoms with E-state index in [1.807, 2.05) is 30.3 Å². The number of ether oxygens (including phenoxy) is 1. The van der Waals surface area contributed by atoms with E-state index in [0.717, 1.165) is 5.56 Å². The molecule has 3 nitrogen and oxygen atoms in total. The van der Waals surface area contributed by atoms with E-state index in [1.54, 1.807) is 18.3 Å². The van der Waals surface area contributed by atoms with Crippen molar-refractivity contribution in [1.29, 1.82) is 0 Å².